The SMILES string of the molecule is Cc1cc(Br)ccc1OCC(C)CO. The maximum Gasteiger partial charge on any atom is 0.122 e. The fourth-order valence-electron chi connectivity index (χ4n) is 1.06. The van der Waals surface area contributed by atoms with Crippen molar-refractivity contribution < 1.29 is 9.84 Å². The number of hydrogen-bond acceptors (Lipinski definition) is 2. The Hall–Kier alpha value is -0.540. The van der Waals surface area contributed by atoms with Crippen LogP contribution in [0.15, 0.2) is 22.7 Å². The minimum atomic E-state index is 0.162. The summed E-state index contributed by atoms with van der Waals surface area (Å²) in [6, 6.07) is 5.90. The zero-order valence-electron chi connectivity index (χ0n) is 8.46. The second kappa shape index (κ2) is 5.37. The molecule has 14 heavy (non-hydrogen) atoms. The quantitative estimate of drug-likeness (QED) is 0.900. The van der Waals surface area contributed by atoms with Gasteiger partial charge < -0.3 is 9.84 Å². The van der Waals surface area contributed by atoms with Crippen LogP contribution in [0.3, 0.4) is 0 Å². The number of ether oxygens (including phenoxy) is 1. The predicted octanol–water partition coefficient (Wildman–Crippen LogP) is 2.76. The number of halogens is 1. The third kappa shape index (κ3) is 3.31. The molecule has 0 heterocycles. The van der Waals surface area contributed by atoms with E-state index in [1.54, 1.807) is 0 Å². The van der Waals surface area contributed by atoms with Crippen LogP contribution in [0.2, 0.25) is 0 Å². The van der Waals surface area contributed by atoms with Crippen molar-refractivity contribution in [2.75, 3.05) is 13.2 Å². The molecule has 1 aromatic carbocycles. The van der Waals surface area contributed by atoms with Gasteiger partial charge in [-0.25, -0.2) is 0 Å². The van der Waals surface area contributed by atoms with Crippen LogP contribution >= 0.6 is 15.9 Å². The summed E-state index contributed by atoms with van der Waals surface area (Å²) < 4.78 is 6.62. The van der Waals surface area contributed by atoms with Crippen LogP contribution in [0.1, 0.15) is 12.5 Å². The van der Waals surface area contributed by atoms with Crippen LogP contribution in [0, 0.1) is 12.8 Å². The number of hydrogen-bond donors (Lipinski definition) is 1. The highest BCUT2D eigenvalue weighted by atomic mass is 79.9. The lowest BCUT2D eigenvalue weighted by molar-refractivity contribution is 0.174. The van der Waals surface area contributed by atoms with E-state index in [-0.39, 0.29) is 12.5 Å². The highest BCUT2D eigenvalue weighted by molar-refractivity contribution is 9.10. The standard InChI is InChI=1S/C11H15BrO2/c1-8(6-13)7-14-11-4-3-10(12)5-9(11)2/h3-5,8,13H,6-7H2,1-2H3. The van der Waals surface area contributed by atoms with Gasteiger partial charge in [0.05, 0.1) is 6.61 Å². The molecule has 0 aliphatic heterocycles. The minimum absolute atomic E-state index is 0.162. The van der Waals surface area contributed by atoms with Crippen LogP contribution in [0.25, 0.3) is 0 Å². The molecule has 0 spiro atoms. The number of aliphatic hydroxyl groups is 1. The normalized spacial score (nSPS) is 12.6. The third-order valence-electron chi connectivity index (χ3n) is 1.97. The second-order valence-electron chi connectivity index (χ2n) is 3.51. The van der Waals surface area contributed by atoms with Crippen LogP contribution in [0.5, 0.6) is 5.75 Å². The lowest BCUT2D eigenvalue weighted by atomic mass is 10.2. The summed E-state index contributed by atoms with van der Waals surface area (Å²) in [5, 5.41) is 8.84. The number of aryl methyl sites for hydroxylation is 1. The van der Waals surface area contributed by atoms with Crippen LogP contribution < -0.4 is 4.74 Å². The van der Waals surface area contributed by atoms with Crippen molar-refractivity contribution in [3.8, 4) is 5.75 Å². The van der Waals surface area contributed by atoms with E-state index in [1.165, 1.54) is 0 Å². The molecule has 0 saturated heterocycles. The van der Waals surface area contributed by atoms with Crippen LogP contribution in [-0.2, 0) is 0 Å². The molecule has 1 atom stereocenters. The van der Waals surface area contributed by atoms with Gasteiger partial charge in [0.25, 0.3) is 0 Å². The predicted molar refractivity (Wildman–Crippen MR) is 60.6 cm³/mol. The van der Waals surface area contributed by atoms with E-state index in [9.17, 15) is 0 Å². The number of rotatable bonds is 4. The molecule has 1 unspecified atom stereocenters. The molecule has 1 N–H and O–H groups in total. The van der Waals surface area contributed by atoms with Gasteiger partial charge in [0.15, 0.2) is 0 Å². The molecule has 3 heteroatoms. The third-order valence-corrected chi connectivity index (χ3v) is 2.47. The number of aliphatic hydroxyl groups excluding tert-OH is 1. The second-order valence-corrected chi connectivity index (χ2v) is 4.42. The molecule has 0 fully saturated rings. The van der Waals surface area contributed by atoms with Crippen molar-refractivity contribution >= 4 is 15.9 Å². The molecule has 0 saturated carbocycles. The number of benzene rings is 1. The Morgan fingerprint density at radius 3 is 2.79 bits per heavy atom. The summed E-state index contributed by atoms with van der Waals surface area (Å²) in [4.78, 5) is 0. The maximum absolute atomic E-state index is 8.84. The lowest BCUT2D eigenvalue weighted by Crippen LogP contribution is -2.12. The molecule has 2 nitrogen and oxygen atoms in total. The van der Waals surface area contributed by atoms with Gasteiger partial charge in [0, 0.05) is 17.0 Å². The summed E-state index contributed by atoms with van der Waals surface area (Å²) in [6.45, 7) is 4.67. The summed E-state index contributed by atoms with van der Waals surface area (Å²) in [7, 11) is 0. The smallest absolute Gasteiger partial charge is 0.122 e. The molecular formula is C11H15BrO2. The molecule has 0 aliphatic rings. The van der Waals surface area contributed by atoms with Crippen molar-refractivity contribution in [3.05, 3.63) is 28.2 Å². The highest BCUT2D eigenvalue weighted by Crippen LogP contribution is 2.22. The molecule has 1 aromatic rings. The van der Waals surface area contributed by atoms with Crippen molar-refractivity contribution in [1.29, 1.82) is 0 Å². The fraction of sp³-hybridized carbons (Fsp3) is 0.455. The largest absolute Gasteiger partial charge is 0.493 e. The average molecular weight is 259 g/mol. The van der Waals surface area contributed by atoms with Gasteiger partial charge in [-0.05, 0) is 30.7 Å². The molecule has 0 amide bonds. The topological polar surface area (TPSA) is 29.5 Å². The highest BCUT2D eigenvalue weighted by Gasteiger charge is 2.03. The lowest BCUT2D eigenvalue weighted by Gasteiger charge is -2.12. The summed E-state index contributed by atoms with van der Waals surface area (Å²) >= 11 is 3.39. The van der Waals surface area contributed by atoms with E-state index < -0.39 is 0 Å². The monoisotopic (exact) mass is 258 g/mol. The van der Waals surface area contributed by atoms with Gasteiger partial charge in [-0.2, -0.15) is 0 Å². The Morgan fingerprint density at radius 2 is 2.21 bits per heavy atom. The first-order chi connectivity index (χ1) is 6.63. The molecule has 78 valence electrons. The van der Waals surface area contributed by atoms with Gasteiger partial charge in [-0.1, -0.05) is 22.9 Å². The first-order valence-electron chi connectivity index (χ1n) is 4.63. The Balaban J connectivity index is 2.59. The Kier molecular flexibility index (Phi) is 4.42. The van der Waals surface area contributed by atoms with Gasteiger partial charge in [0.2, 0.25) is 0 Å². The van der Waals surface area contributed by atoms with Crippen molar-refractivity contribution in [2.24, 2.45) is 5.92 Å². The average Bonchev–Trinajstić information content (AvgIpc) is 2.16. The van der Waals surface area contributed by atoms with Gasteiger partial charge >= 0.3 is 0 Å². The van der Waals surface area contributed by atoms with Gasteiger partial charge in [0.1, 0.15) is 5.75 Å². The molecule has 0 aliphatic carbocycles. The van der Waals surface area contributed by atoms with Gasteiger partial charge in [-0.3, -0.25) is 0 Å². The molecule has 0 radical (unpaired) electrons. The fourth-order valence-corrected chi connectivity index (χ4v) is 1.54. The van der Waals surface area contributed by atoms with E-state index in [1.807, 2.05) is 32.0 Å². The minimum Gasteiger partial charge on any atom is -0.493 e. The van der Waals surface area contributed by atoms with Crippen molar-refractivity contribution in [2.45, 2.75) is 13.8 Å². The van der Waals surface area contributed by atoms with Crippen molar-refractivity contribution in [1.82, 2.24) is 0 Å². The zero-order chi connectivity index (χ0) is 10.6. The molecule has 1 rings (SSSR count). The summed E-state index contributed by atoms with van der Waals surface area (Å²) in [5.41, 5.74) is 1.10. The molecule has 0 aromatic heterocycles. The maximum atomic E-state index is 8.84. The first kappa shape index (κ1) is 11.5. The molecule has 0 bridgehead atoms. The van der Waals surface area contributed by atoms with E-state index in [4.69, 9.17) is 9.84 Å². The Morgan fingerprint density at radius 1 is 1.50 bits per heavy atom. The molecular weight excluding hydrogens is 244 g/mol. The van der Waals surface area contributed by atoms with E-state index in [0.717, 1.165) is 15.8 Å². The Labute approximate surface area is 93.0 Å². The summed E-state index contributed by atoms with van der Waals surface area (Å²) in [5.74, 6) is 1.06. The van der Waals surface area contributed by atoms with Gasteiger partial charge in [-0.15, -0.1) is 0 Å². The van der Waals surface area contributed by atoms with E-state index in [2.05, 4.69) is 15.9 Å². The van der Waals surface area contributed by atoms with Crippen molar-refractivity contribution in [3.63, 3.8) is 0 Å². The summed E-state index contributed by atoms with van der Waals surface area (Å²) in [6.07, 6.45) is 0. The van der Waals surface area contributed by atoms with Crippen LogP contribution in [-0.4, -0.2) is 18.3 Å². The Bertz CT molecular complexity index is 299. The van der Waals surface area contributed by atoms with E-state index >= 15 is 0 Å². The van der Waals surface area contributed by atoms with E-state index in [0.29, 0.717) is 6.61 Å². The first-order valence-corrected chi connectivity index (χ1v) is 5.42. The van der Waals surface area contributed by atoms with Crippen LogP contribution in [0.4, 0.5) is 0 Å². The zero-order valence-corrected chi connectivity index (χ0v) is 10.0.